The quantitative estimate of drug-likeness (QED) is 0.552. The van der Waals surface area contributed by atoms with Gasteiger partial charge in [0.05, 0.1) is 18.3 Å². The van der Waals surface area contributed by atoms with Gasteiger partial charge in [0.15, 0.2) is 6.61 Å². The molecule has 1 heterocycles. The number of halogens is 1. The van der Waals surface area contributed by atoms with Crippen LogP contribution in [0.4, 0.5) is 0 Å². The minimum absolute atomic E-state index is 0.00982. The molecule has 1 aliphatic carbocycles. The summed E-state index contributed by atoms with van der Waals surface area (Å²) in [6.45, 7) is -0.0947. The Balaban J connectivity index is 1.37. The summed E-state index contributed by atoms with van der Waals surface area (Å²) in [4.78, 5) is 49.6. The normalized spacial score (nSPS) is 21.4. The number of amides is 3. The van der Waals surface area contributed by atoms with Gasteiger partial charge in [-0.3, -0.25) is 24.1 Å². The lowest BCUT2D eigenvalue weighted by atomic mass is 9.81. The standard InChI is InChI=1S/C20H23ClN2O5/c21-14-7-5-13(6-8-14)11-22-17(24)12-28-18(25)9-10-23-19(26)15-3-1-2-4-16(15)20(23)27/h5-8,15-16H,1-4,9-12H2,(H,22,24)/t15-,16+. The van der Waals surface area contributed by atoms with Crippen LogP contribution in [0.25, 0.3) is 0 Å². The number of nitrogens with one attached hydrogen (secondary N) is 1. The van der Waals surface area contributed by atoms with Gasteiger partial charge in [0, 0.05) is 18.1 Å². The van der Waals surface area contributed by atoms with Gasteiger partial charge >= 0.3 is 5.97 Å². The summed E-state index contributed by atoms with van der Waals surface area (Å²) in [6, 6.07) is 7.02. The average molecular weight is 407 g/mol. The molecule has 2 atom stereocenters. The van der Waals surface area contributed by atoms with Crippen LogP contribution in [0.5, 0.6) is 0 Å². The molecule has 1 saturated carbocycles. The van der Waals surface area contributed by atoms with Crippen molar-refractivity contribution in [3.63, 3.8) is 0 Å². The number of hydrogen-bond acceptors (Lipinski definition) is 5. The number of esters is 1. The van der Waals surface area contributed by atoms with Crippen LogP contribution in [0.15, 0.2) is 24.3 Å². The second-order valence-corrected chi connectivity index (χ2v) is 7.58. The number of benzene rings is 1. The monoisotopic (exact) mass is 406 g/mol. The first-order valence-corrected chi connectivity index (χ1v) is 9.85. The molecule has 7 nitrogen and oxygen atoms in total. The van der Waals surface area contributed by atoms with E-state index in [2.05, 4.69) is 5.32 Å². The summed E-state index contributed by atoms with van der Waals surface area (Å²) in [5.41, 5.74) is 0.872. The number of ether oxygens (including phenoxy) is 1. The van der Waals surface area contributed by atoms with Gasteiger partial charge in [-0.05, 0) is 30.5 Å². The second kappa shape index (κ2) is 9.19. The van der Waals surface area contributed by atoms with E-state index in [0.29, 0.717) is 11.6 Å². The Kier molecular flexibility index (Phi) is 6.67. The number of fused-ring (bicyclic) bond motifs is 1. The molecule has 2 fully saturated rings. The Hall–Kier alpha value is -2.41. The van der Waals surface area contributed by atoms with E-state index in [1.165, 1.54) is 4.90 Å². The summed E-state index contributed by atoms with van der Waals surface area (Å²) < 4.78 is 4.94. The highest BCUT2D eigenvalue weighted by molar-refractivity contribution is 6.30. The molecule has 28 heavy (non-hydrogen) atoms. The van der Waals surface area contributed by atoms with Crippen molar-refractivity contribution in [2.75, 3.05) is 13.2 Å². The molecule has 0 radical (unpaired) electrons. The van der Waals surface area contributed by atoms with E-state index in [-0.39, 0.29) is 36.6 Å². The Labute approximate surface area is 168 Å². The fraction of sp³-hybridized carbons (Fsp3) is 0.500. The molecule has 0 unspecified atom stereocenters. The molecule has 8 heteroatoms. The summed E-state index contributed by atoms with van der Waals surface area (Å²) in [6.07, 6.45) is 3.29. The van der Waals surface area contributed by atoms with Crippen molar-refractivity contribution in [2.45, 2.75) is 38.6 Å². The Morgan fingerprint density at radius 3 is 2.29 bits per heavy atom. The van der Waals surface area contributed by atoms with E-state index in [9.17, 15) is 19.2 Å². The summed E-state index contributed by atoms with van der Waals surface area (Å²) in [5.74, 6) is -1.85. The van der Waals surface area contributed by atoms with Crippen molar-refractivity contribution in [2.24, 2.45) is 11.8 Å². The van der Waals surface area contributed by atoms with E-state index in [4.69, 9.17) is 16.3 Å². The Morgan fingerprint density at radius 1 is 1.07 bits per heavy atom. The highest BCUT2D eigenvalue weighted by Crippen LogP contribution is 2.37. The topological polar surface area (TPSA) is 92.8 Å². The van der Waals surface area contributed by atoms with Crippen molar-refractivity contribution in [1.29, 1.82) is 0 Å². The Bertz CT molecular complexity index is 740. The first-order valence-electron chi connectivity index (χ1n) is 9.47. The van der Waals surface area contributed by atoms with Gasteiger partial charge in [0.2, 0.25) is 11.8 Å². The predicted octanol–water partition coefficient (Wildman–Crippen LogP) is 2.06. The highest BCUT2D eigenvalue weighted by atomic mass is 35.5. The molecular formula is C20H23ClN2O5. The molecule has 1 aliphatic heterocycles. The molecule has 0 aromatic heterocycles. The van der Waals surface area contributed by atoms with Crippen molar-refractivity contribution < 1.29 is 23.9 Å². The van der Waals surface area contributed by atoms with Crippen LogP contribution in [-0.4, -0.2) is 41.7 Å². The van der Waals surface area contributed by atoms with Crippen LogP contribution in [0, 0.1) is 11.8 Å². The van der Waals surface area contributed by atoms with E-state index in [0.717, 1.165) is 31.2 Å². The third-order valence-electron chi connectivity index (χ3n) is 5.24. The maximum Gasteiger partial charge on any atom is 0.308 e. The summed E-state index contributed by atoms with van der Waals surface area (Å²) in [7, 11) is 0. The SMILES string of the molecule is O=C(COC(=O)CCN1C(=O)[C@H]2CCCC[C@H]2C1=O)NCc1ccc(Cl)cc1. The van der Waals surface area contributed by atoms with Gasteiger partial charge in [-0.2, -0.15) is 0 Å². The lowest BCUT2D eigenvalue weighted by Crippen LogP contribution is -2.34. The average Bonchev–Trinajstić information content (AvgIpc) is 2.95. The van der Waals surface area contributed by atoms with Gasteiger partial charge in [-0.15, -0.1) is 0 Å². The molecule has 150 valence electrons. The molecule has 1 saturated heterocycles. The highest BCUT2D eigenvalue weighted by Gasteiger charge is 2.47. The number of nitrogens with zero attached hydrogens (tertiary/aromatic N) is 1. The first-order chi connectivity index (χ1) is 13.5. The number of hydrogen-bond donors (Lipinski definition) is 1. The fourth-order valence-corrected chi connectivity index (χ4v) is 3.85. The van der Waals surface area contributed by atoms with Crippen molar-refractivity contribution >= 4 is 35.3 Å². The number of likely N-dealkylation sites (tertiary alicyclic amines) is 1. The fourth-order valence-electron chi connectivity index (χ4n) is 3.73. The van der Waals surface area contributed by atoms with Gasteiger partial charge in [0.1, 0.15) is 0 Å². The number of carbonyl (C=O) groups is 4. The lowest BCUT2D eigenvalue weighted by molar-refractivity contribution is -0.150. The third kappa shape index (κ3) is 4.90. The largest absolute Gasteiger partial charge is 0.456 e. The zero-order valence-corrected chi connectivity index (χ0v) is 16.2. The van der Waals surface area contributed by atoms with Crippen molar-refractivity contribution in [1.82, 2.24) is 10.2 Å². The molecule has 3 amide bonds. The maximum atomic E-state index is 12.4. The van der Waals surface area contributed by atoms with E-state index in [1.807, 2.05) is 0 Å². The number of rotatable bonds is 7. The first kappa shape index (κ1) is 20.3. The van der Waals surface area contributed by atoms with E-state index in [1.54, 1.807) is 24.3 Å². The predicted molar refractivity (Wildman–Crippen MR) is 101 cm³/mol. The maximum absolute atomic E-state index is 12.4. The smallest absolute Gasteiger partial charge is 0.308 e. The zero-order valence-electron chi connectivity index (χ0n) is 15.5. The minimum Gasteiger partial charge on any atom is -0.456 e. The third-order valence-corrected chi connectivity index (χ3v) is 5.49. The molecule has 3 rings (SSSR count). The zero-order chi connectivity index (χ0) is 20.1. The second-order valence-electron chi connectivity index (χ2n) is 7.14. The van der Waals surface area contributed by atoms with Crippen LogP contribution in [0.1, 0.15) is 37.7 Å². The molecule has 1 N–H and O–H groups in total. The van der Waals surface area contributed by atoms with Crippen molar-refractivity contribution in [3.8, 4) is 0 Å². The van der Waals surface area contributed by atoms with Gasteiger partial charge in [-0.1, -0.05) is 36.6 Å². The van der Waals surface area contributed by atoms with Gasteiger partial charge in [-0.25, -0.2) is 0 Å². The summed E-state index contributed by atoms with van der Waals surface area (Å²) in [5, 5.41) is 3.25. The molecule has 2 aliphatic rings. The van der Waals surface area contributed by atoms with Crippen molar-refractivity contribution in [3.05, 3.63) is 34.9 Å². The summed E-state index contributed by atoms with van der Waals surface area (Å²) >= 11 is 5.80. The van der Waals surface area contributed by atoms with Crippen LogP contribution in [-0.2, 0) is 30.5 Å². The molecule has 0 spiro atoms. The van der Waals surface area contributed by atoms with Crippen LogP contribution in [0.3, 0.4) is 0 Å². The van der Waals surface area contributed by atoms with Gasteiger partial charge < -0.3 is 10.1 Å². The molecular weight excluding hydrogens is 384 g/mol. The van der Waals surface area contributed by atoms with E-state index < -0.39 is 18.5 Å². The molecule has 1 aromatic rings. The van der Waals surface area contributed by atoms with Crippen LogP contribution in [0.2, 0.25) is 5.02 Å². The number of carbonyl (C=O) groups excluding carboxylic acids is 4. The molecule has 1 aromatic carbocycles. The van der Waals surface area contributed by atoms with Crippen LogP contribution >= 0.6 is 11.6 Å². The lowest BCUT2D eigenvalue weighted by Gasteiger charge is -2.19. The minimum atomic E-state index is -0.614. The van der Waals surface area contributed by atoms with Crippen LogP contribution < -0.4 is 5.32 Å². The van der Waals surface area contributed by atoms with E-state index >= 15 is 0 Å². The molecule has 0 bridgehead atoms. The Morgan fingerprint density at radius 2 is 1.68 bits per heavy atom. The van der Waals surface area contributed by atoms with Gasteiger partial charge in [0.25, 0.3) is 5.91 Å². The number of imide groups is 1.